The predicted octanol–water partition coefficient (Wildman–Crippen LogP) is 9.73. The molecule has 59 heavy (non-hydrogen) atoms. The van der Waals surface area contributed by atoms with Gasteiger partial charge >= 0.3 is 0 Å². The highest BCUT2D eigenvalue weighted by Crippen LogP contribution is 2.30. The zero-order valence-corrected chi connectivity index (χ0v) is 38.5. The number of anilines is 1. The summed E-state index contributed by atoms with van der Waals surface area (Å²) in [7, 11) is -4.66. The molecule has 0 fully saturated rings. The number of imidazole rings is 1. The molecule has 3 aromatic carbocycles. The van der Waals surface area contributed by atoms with Crippen LogP contribution < -0.4 is 9.64 Å². The lowest BCUT2D eigenvalue weighted by Crippen LogP contribution is -2.30. The highest BCUT2D eigenvalue weighted by Gasteiger charge is 2.19. The van der Waals surface area contributed by atoms with Crippen molar-refractivity contribution in [3.05, 3.63) is 113 Å². The molecular formula is C47H69N3O7S2. The average molecular weight is 852 g/mol. The van der Waals surface area contributed by atoms with E-state index in [0.29, 0.717) is 31.8 Å². The Morgan fingerprint density at radius 3 is 2.19 bits per heavy atom. The summed E-state index contributed by atoms with van der Waals surface area (Å²) < 4.78 is 50.6. The van der Waals surface area contributed by atoms with Crippen LogP contribution in [0.5, 0.6) is 5.75 Å². The van der Waals surface area contributed by atoms with Crippen LogP contribution in [0.15, 0.2) is 89.7 Å². The number of rotatable bonds is 16. The number of benzene rings is 3. The molecule has 0 spiro atoms. The SMILES string of the molecule is CCCCOCCOc1ccc(C)cc1.CCCn1cncc1CC.CS(=O)(=O)O.Cc1ccc2c(c1)C=C(C(=O)Cc1ccc(S(C)=O)cc1)CCCN2CC(C)C. The van der Waals surface area contributed by atoms with E-state index in [2.05, 4.69) is 87.2 Å². The molecule has 326 valence electrons. The minimum Gasteiger partial charge on any atom is -0.491 e. The van der Waals surface area contributed by atoms with Crippen LogP contribution in [0.2, 0.25) is 0 Å². The molecule has 0 aliphatic carbocycles. The van der Waals surface area contributed by atoms with Crippen molar-refractivity contribution in [2.24, 2.45) is 5.92 Å². The molecule has 1 N–H and O–H groups in total. The summed E-state index contributed by atoms with van der Waals surface area (Å²) in [5.74, 6) is 1.69. The first-order chi connectivity index (χ1) is 28.0. The second-order valence-electron chi connectivity index (χ2n) is 15.2. The van der Waals surface area contributed by atoms with Gasteiger partial charge in [0.2, 0.25) is 0 Å². The van der Waals surface area contributed by atoms with Crippen LogP contribution in [0.25, 0.3) is 6.08 Å². The van der Waals surface area contributed by atoms with Gasteiger partial charge in [-0.1, -0.05) is 82.5 Å². The van der Waals surface area contributed by atoms with Crippen molar-refractivity contribution >= 4 is 38.5 Å². The number of unbranched alkanes of at least 4 members (excludes halogenated alkanes) is 1. The monoisotopic (exact) mass is 851 g/mol. The van der Waals surface area contributed by atoms with Gasteiger partial charge in [0.1, 0.15) is 12.4 Å². The maximum atomic E-state index is 13.1. The third kappa shape index (κ3) is 21.6. The molecule has 1 aliphatic rings. The molecule has 0 radical (unpaired) electrons. The summed E-state index contributed by atoms with van der Waals surface area (Å²) in [6, 6.07) is 22.2. The molecule has 0 saturated heterocycles. The fourth-order valence-corrected chi connectivity index (χ4v) is 6.67. The maximum Gasteiger partial charge on any atom is 0.261 e. The molecule has 10 nitrogen and oxygen atoms in total. The number of ketones is 1. The van der Waals surface area contributed by atoms with Crippen molar-refractivity contribution < 1.29 is 31.4 Å². The molecule has 1 unspecified atom stereocenters. The number of carbonyl (C=O) groups excluding carboxylic acids is 1. The van der Waals surface area contributed by atoms with Crippen LogP contribution in [0.1, 0.15) is 94.7 Å². The Hall–Kier alpha value is -4.10. The number of Topliss-reactive ketones (excluding diaryl/α,β-unsaturated/α-hetero) is 1. The Morgan fingerprint density at radius 1 is 0.932 bits per heavy atom. The number of aromatic nitrogens is 2. The van der Waals surface area contributed by atoms with Crippen LogP contribution in [-0.4, -0.2) is 77.9 Å². The number of hydrogen-bond acceptors (Lipinski definition) is 8. The molecule has 0 amide bonds. The first kappa shape index (κ1) is 51.0. The molecule has 5 rings (SSSR count). The van der Waals surface area contributed by atoms with Gasteiger partial charge < -0.3 is 18.9 Å². The molecule has 12 heteroatoms. The summed E-state index contributed by atoms with van der Waals surface area (Å²) in [6.45, 7) is 20.4. The number of nitrogens with zero attached hydrogens (tertiary/aromatic N) is 3. The largest absolute Gasteiger partial charge is 0.491 e. The van der Waals surface area contributed by atoms with E-state index in [1.165, 1.54) is 35.3 Å². The van der Waals surface area contributed by atoms with Crippen LogP contribution in [0, 0.1) is 19.8 Å². The van der Waals surface area contributed by atoms with Gasteiger partial charge in [0.25, 0.3) is 10.1 Å². The van der Waals surface area contributed by atoms with Gasteiger partial charge in [-0.15, -0.1) is 0 Å². The van der Waals surface area contributed by atoms with E-state index >= 15 is 0 Å². The van der Waals surface area contributed by atoms with E-state index in [-0.39, 0.29) is 5.78 Å². The van der Waals surface area contributed by atoms with Gasteiger partial charge in [-0.2, -0.15) is 8.42 Å². The number of allylic oxidation sites excluding steroid dienone is 1. The topological polar surface area (TPSA) is 128 Å². The van der Waals surface area contributed by atoms with E-state index in [0.717, 1.165) is 79.3 Å². The predicted molar refractivity (Wildman–Crippen MR) is 245 cm³/mol. The second-order valence-corrected chi connectivity index (χ2v) is 18.0. The molecule has 1 atom stereocenters. The van der Waals surface area contributed by atoms with Crippen molar-refractivity contribution in [1.29, 1.82) is 0 Å². The van der Waals surface area contributed by atoms with Crippen LogP contribution in [0.3, 0.4) is 0 Å². The Labute approximate surface area is 357 Å². The summed E-state index contributed by atoms with van der Waals surface area (Å²) in [6.07, 6.45) is 15.1. The van der Waals surface area contributed by atoms with Crippen molar-refractivity contribution in [2.45, 2.75) is 105 Å². The van der Waals surface area contributed by atoms with Crippen molar-refractivity contribution in [1.82, 2.24) is 9.55 Å². The van der Waals surface area contributed by atoms with Gasteiger partial charge in [-0.3, -0.25) is 13.6 Å². The molecule has 1 aliphatic heterocycles. The third-order valence-corrected chi connectivity index (χ3v) is 10.0. The van der Waals surface area contributed by atoms with Gasteiger partial charge in [-0.05, 0) is 111 Å². The maximum absolute atomic E-state index is 13.1. The lowest BCUT2D eigenvalue weighted by Gasteiger charge is -2.30. The number of hydrogen-bond donors (Lipinski definition) is 1. The van der Waals surface area contributed by atoms with E-state index in [9.17, 15) is 17.4 Å². The molecule has 0 saturated carbocycles. The van der Waals surface area contributed by atoms with Crippen LogP contribution in [0.4, 0.5) is 5.69 Å². The summed E-state index contributed by atoms with van der Waals surface area (Å²) in [5, 5.41) is 0. The van der Waals surface area contributed by atoms with Crippen LogP contribution >= 0.6 is 0 Å². The highest BCUT2D eigenvalue weighted by molar-refractivity contribution is 7.85. The quantitative estimate of drug-likeness (QED) is 0.0866. The van der Waals surface area contributed by atoms with Crippen molar-refractivity contribution in [2.75, 3.05) is 50.3 Å². The van der Waals surface area contributed by atoms with E-state index in [1.54, 1.807) is 6.26 Å². The molecule has 0 bridgehead atoms. The number of aryl methyl sites for hydroxylation is 4. The fraction of sp³-hybridized carbons (Fsp3) is 0.489. The summed E-state index contributed by atoms with van der Waals surface area (Å²) in [4.78, 5) is 20.4. The average Bonchev–Trinajstić information content (AvgIpc) is 3.63. The standard InChI is InChI=1S/C25H31NO2S.C13H20O2.C8H14N2.CH4O3S/c1-18(2)17-26-13-5-6-21(16-22-14-19(3)7-12-24(22)26)25(27)15-20-8-10-23(11-9-20)29(4)28;1-3-4-9-14-10-11-15-13-7-5-12(2)6-8-13;1-3-5-10-7-9-6-8(10)4-2;1-5(2,3)4/h7-12,14,16,18H,5-6,13,15,17H2,1-4H3;5-8H,3-4,9-11H2,1-2H3;6-7H,3-5H2,1-2H3;1H3,(H,2,3,4). The van der Waals surface area contributed by atoms with E-state index in [4.69, 9.17) is 14.0 Å². The third-order valence-electron chi connectivity index (χ3n) is 9.08. The fourth-order valence-electron chi connectivity index (χ4n) is 6.15. The lowest BCUT2D eigenvalue weighted by atomic mass is 9.94. The zero-order chi connectivity index (χ0) is 43.8. The first-order valence-corrected chi connectivity index (χ1v) is 24.1. The van der Waals surface area contributed by atoms with E-state index in [1.807, 2.05) is 61.1 Å². The smallest absolute Gasteiger partial charge is 0.261 e. The molecule has 1 aromatic heterocycles. The van der Waals surface area contributed by atoms with Gasteiger partial charge in [0.05, 0.1) is 19.2 Å². The van der Waals surface area contributed by atoms with Gasteiger partial charge in [0, 0.05) is 72.2 Å². The van der Waals surface area contributed by atoms with Crippen molar-refractivity contribution in [3.8, 4) is 5.75 Å². The first-order valence-electron chi connectivity index (χ1n) is 20.7. The van der Waals surface area contributed by atoms with Gasteiger partial charge in [-0.25, -0.2) is 4.98 Å². The normalized spacial score (nSPS) is 12.9. The van der Waals surface area contributed by atoms with Crippen molar-refractivity contribution in [3.63, 3.8) is 0 Å². The number of fused-ring (bicyclic) bond motifs is 1. The number of carbonyl (C=O) groups is 1. The highest BCUT2D eigenvalue weighted by atomic mass is 32.2. The zero-order valence-electron chi connectivity index (χ0n) is 36.9. The second kappa shape index (κ2) is 27.6. The molecule has 2 heterocycles. The summed E-state index contributed by atoms with van der Waals surface area (Å²) in [5.41, 5.74) is 8.04. The van der Waals surface area contributed by atoms with Gasteiger partial charge in [0.15, 0.2) is 5.78 Å². The minimum atomic E-state index is -3.67. The van der Waals surface area contributed by atoms with E-state index < -0.39 is 20.9 Å². The Kier molecular flexibility index (Phi) is 23.9. The molecular weight excluding hydrogens is 783 g/mol. The molecule has 4 aromatic rings. The number of ether oxygens (including phenoxy) is 2. The Bertz CT molecular complexity index is 1970. The van der Waals surface area contributed by atoms with Crippen LogP contribution in [-0.2, 0) is 49.8 Å². The minimum absolute atomic E-state index is 0.181. The lowest BCUT2D eigenvalue weighted by molar-refractivity contribution is -0.115. The summed E-state index contributed by atoms with van der Waals surface area (Å²) >= 11 is 0. The Morgan fingerprint density at radius 2 is 1.59 bits per heavy atom. The Balaban J connectivity index is 0.000000330.